The molecule has 2 heterocycles. The Hall–Kier alpha value is -1.94. The Morgan fingerprint density at radius 2 is 1.95 bits per heavy atom. The van der Waals surface area contributed by atoms with E-state index >= 15 is 0 Å². The molecule has 1 fully saturated rings. The maximum Gasteiger partial charge on any atom is 0.142 e. The molecule has 0 unspecified atom stereocenters. The average molecular weight is 295 g/mol. The predicted octanol–water partition coefficient (Wildman–Crippen LogP) is 4.20. The zero-order chi connectivity index (χ0) is 14.3. The highest BCUT2D eigenvalue weighted by Crippen LogP contribution is 2.52. The molecule has 0 amide bonds. The van der Waals surface area contributed by atoms with E-state index < -0.39 is 0 Å². The summed E-state index contributed by atoms with van der Waals surface area (Å²) in [4.78, 5) is 10.8. The summed E-state index contributed by atoms with van der Waals surface area (Å²) in [5.41, 5.74) is 1.37. The molecule has 1 aliphatic carbocycles. The van der Waals surface area contributed by atoms with Gasteiger partial charge in [-0.2, -0.15) is 0 Å². The van der Waals surface area contributed by atoms with Gasteiger partial charge in [0.15, 0.2) is 0 Å². The van der Waals surface area contributed by atoms with Gasteiger partial charge in [0.1, 0.15) is 16.5 Å². The third kappa shape index (κ3) is 2.02. The monoisotopic (exact) mass is 295 g/mol. The standard InChI is InChI=1S/C17H17N3S/c1-2-18-14-13-8-11-21-15(13)20-16(19-14)17(9-10-17)12-6-4-3-5-7-12/h3-8,11H,2,9-10H2,1H3,(H,18,19,20). The number of nitrogens with one attached hydrogen (secondary N) is 1. The molecule has 21 heavy (non-hydrogen) atoms. The van der Waals surface area contributed by atoms with E-state index in [-0.39, 0.29) is 5.41 Å². The zero-order valence-corrected chi connectivity index (χ0v) is 12.8. The number of anilines is 1. The Morgan fingerprint density at radius 3 is 2.67 bits per heavy atom. The van der Waals surface area contributed by atoms with Crippen LogP contribution in [0, 0.1) is 0 Å². The quantitative estimate of drug-likeness (QED) is 0.783. The van der Waals surface area contributed by atoms with Crippen molar-refractivity contribution in [2.75, 3.05) is 11.9 Å². The average Bonchev–Trinajstić information content (AvgIpc) is 3.20. The minimum Gasteiger partial charge on any atom is -0.370 e. The van der Waals surface area contributed by atoms with Gasteiger partial charge in [0.05, 0.1) is 10.8 Å². The molecule has 1 N–H and O–H groups in total. The summed E-state index contributed by atoms with van der Waals surface area (Å²) in [6, 6.07) is 12.8. The van der Waals surface area contributed by atoms with Crippen molar-refractivity contribution in [3.63, 3.8) is 0 Å². The van der Waals surface area contributed by atoms with Crippen molar-refractivity contribution in [2.45, 2.75) is 25.2 Å². The maximum atomic E-state index is 4.86. The topological polar surface area (TPSA) is 37.8 Å². The van der Waals surface area contributed by atoms with Crippen LogP contribution in [0.15, 0.2) is 41.8 Å². The van der Waals surface area contributed by atoms with E-state index in [1.54, 1.807) is 11.3 Å². The number of thiophene rings is 1. The second-order valence-corrected chi connectivity index (χ2v) is 6.41. The van der Waals surface area contributed by atoms with Crippen molar-refractivity contribution < 1.29 is 0 Å². The Labute approximate surface area is 128 Å². The van der Waals surface area contributed by atoms with Gasteiger partial charge in [0.2, 0.25) is 0 Å². The first kappa shape index (κ1) is 12.8. The molecule has 0 aliphatic heterocycles. The molecule has 2 aromatic heterocycles. The van der Waals surface area contributed by atoms with Crippen molar-refractivity contribution in [1.29, 1.82) is 0 Å². The van der Waals surface area contributed by atoms with E-state index in [9.17, 15) is 0 Å². The highest BCUT2D eigenvalue weighted by Gasteiger charge is 2.48. The largest absolute Gasteiger partial charge is 0.370 e. The Bertz CT molecular complexity index is 775. The number of rotatable bonds is 4. The molecule has 0 radical (unpaired) electrons. The number of fused-ring (bicyclic) bond motifs is 1. The molecule has 1 saturated carbocycles. The molecule has 1 aliphatic rings. The summed E-state index contributed by atoms with van der Waals surface area (Å²) in [5.74, 6) is 1.94. The minimum absolute atomic E-state index is 0.0314. The number of hydrogen-bond acceptors (Lipinski definition) is 4. The molecular weight excluding hydrogens is 278 g/mol. The van der Waals surface area contributed by atoms with Crippen LogP contribution in [0.2, 0.25) is 0 Å². The first-order chi connectivity index (χ1) is 10.3. The molecule has 1 aromatic carbocycles. The molecule has 0 spiro atoms. The molecule has 106 valence electrons. The van der Waals surface area contributed by atoms with Gasteiger partial charge in [0, 0.05) is 6.54 Å². The van der Waals surface area contributed by atoms with Gasteiger partial charge in [-0.15, -0.1) is 11.3 Å². The second-order valence-electron chi connectivity index (χ2n) is 5.51. The summed E-state index contributed by atoms with van der Waals surface area (Å²) in [7, 11) is 0. The Balaban J connectivity index is 1.87. The fourth-order valence-corrected chi connectivity index (χ4v) is 3.66. The molecule has 3 nitrogen and oxygen atoms in total. The van der Waals surface area contributed by atoms with Gasteiger partial charge in [-0.3, -0.25) is 0 Å². The molecule has 4 heteroatoms. The number of aromatic nitrogens is 2. The van der Waals surface area contributed by atoms with Crippen LogP contribution in [-0.4, -0.2) is 16.5 Å². The van der Waals surface area contributed by atoms with Crippen LogP contribution in [-0.2, 0) is 5.41 Å². The number of benzene rings is 1. The Morgan fingerprint density at radius 1 is 1.14 bits per heavy atom. The third-order valence-corrected chi connectivity index (χ3v) is 4.98. The smallest absolute Gasteiger partial charge is 0.142 e. The van der Waals surface area contributed by atoms with Crippen LogP contribution < -0.4 is 5.32 Å². The first-order valence-electron chi connectivity index (χ1n) is 7.38. The van der Waals surface area contributed by atoms with Crippen molar-refractivity contribution >= 4 is 27.4 Å². The SMILES string of the molecule is CCNc1nc(C2(c3ccccc3)CC2)nc2sccc12. The molecule has 0 saturated heterocycles. The fourth-order valence-electron chi connectivity index (χ4n) is 2.90. The Kier molecular flexibility index (Phi) is 2.93. The molecular formula is C17H17N3S. The summed E-state index contributed by atoms with van der Waals surface area (Å²) in [6.45, 7) is 2.98. The van der Waals surface area contributed by atoms with E-state index in [1.165, 1.54) is 5.56 Å². The van der Waals surface area contributed by atoms with E-state index in [0.717, 1.165) is 41.2 Å². The zero-order valence-electron chi connectivity index (χ0n) is 12.0. The van der Waals surface area contributed by atoms with Crippen molar-refractivity contribution in [3.05, 3.63) is 53.2 Å². The maximum absolute atomic E-state index is 4.86. The predicted molar refractivity (Wildman–Crippen MR) is 88.0 cm³/mol. The lowest BCUT2D eigenvalue weighted by molar-refractivity contribution is 0.765. The lowest BCUT2D eigenvalue weighted by Crippen LogP contribution is -2.15. The lowest BCUT2D eigenvalue weighted by Gasteiger charge is -2.16. The normalized spacial score (nSPS) is 16.0. The van der Waals surface area contributed by atoms with Crippen LogP contribution in [0.4, 0.5) is 5.82 Å². The van der Waals surface area contributed by atoms with E-state index in [4.69, 9.17) is 9.97 Å². The summed E-state index contributed by atoms with van der Waals surface area (Å²) >= 11 is 1.69. The number of nitrogens with zero attached hydrogens (tertiary/aromatic N) is 2. The van der Waals surface area contributed by atoms with Gasteiger partial charge in [0.25, 0.3) is 0 Å². The van der Waals surface area contributed by atoms with Gasteiger partial charge >= 0.3 is 0 Å². The summed E-state index contributed by atoms with van der Waals surface area (Å²) in [6.07, 6.45) is 2.28. The second kappa shape index (κ2) is 4.81. The third-order valence-electron chi connectivity index (χ3n) is 4.17. The van der Waals surface area contributed by atoms with Crippen molar-refractivity contribution in [1.82, 2.24) is 9.97 Å². The highest BCUT2D eigenvalue weighted by atomic mass is 32.1. The first-order valence-corrected chi connectivity index (χ1v) is 8.26. The van der Waals surface area contributed by atoms with E-state index in [2.05, 4.69) is 54.0 Å². The van der Waals surface area contributed by atoms with Crippen LogP contribution >= 0.6 is 11.3 Å². The fraction of sp³-hybridized carbons (Fsp3) is 0.294. The molecule has 4 rings (SSSR count). The number of hydrogen-bond donors (Lipinski definition) is 1. The van der Waals surface area contributed by atoms with Crippen LogP contribution in [0.5, 0.6) is 0 Å². The van der Waals surface area contributed by atoms with E-state index in [0.29, 0.717) is 0 Å². The van der Waals surface area contributed by atoms with Crippen molar-refractivity contribution in [2.24, 2.45) is 0 Å². The lowest BCUT2D eigenvalue weighted by atomic mass is 9.95. The van der Waals surface area contributed by atoms with Crippen LogP contribution in [0.3, 0.4) is 0 Å². The van der Waals surface area contributed by atoms with Crippen LogP contribution in [0.25, 0.3) is 10.2 Å². The molecule has 3 aromatic rings. The molecule has 0 atom stereocenters. The van der Waals surface area contributed by atoms with Crippen molar-refractivity contribution in [3.8, 4) is 0 Å². The van der Waals surface area contributed by atoms with Gasteiger partial charge < -0.3 is 5.32 Å². The molecule has 0 bridgehead atoms. The van der Waals surface area contributed by atoms with Gasteiger partial charge in [-0.05, 0) is 36.8 Å². The van der Waals surface area contributed by atoms with Crippen LogP contribution in [0.1, 0.15) is 31.2 Å². The highest BCUT2D eigenvalue weighted by molar-refractivity contribution is 7.16. The minimum atomic E-state index is 0.0314. The van der Waals surface area contributed by atoms with Gasteiger partial charge in [-0.25, -0.2) is 9.97 Å². The summed E-state index contributed by atoms with van der Waals surface area (Å²) < 4.78 is 0. The van der Waals surface area contributed by atoms with E-state index in [1.807, 2.05) is 0 Å². The summed E-state index contributed by atoms with van der Waals surface area (Å²) in [5, 5.41) is 6.61. The van der Waals surface area contributed by atoms with Gasteiger partial charge in [-0.1, -0.05) is 30.3 Å².